The molecule has 0 unspecified atom stereocenters. The number of allylic oxidation sites excluding steroid dienone is 1. The molecule has 1 aliphatic rings. The first-order chi connectivity index (χ1) is 11.6. The lowest BCUT2D eigenvalue weighted by Crippen LogP contribution is -2.10. The minimum absolute atomic E-state index is 0.176. The van der Waals surface area contributed by atoms with Gasteiger partial charge in [-0.3, -0.25) is 4.79 Å². The van der Waals surface area contributed by atoms with Gasteiger partial charge in [0.1, 0.15) is 0 Å². The van der Waals surface area contributed by atoms with Crippen molar-refractivity contribution in [3.05, 3.63) is 53.6 Å². The zero-order valence-electron chi connectivity index (χ0n) is 14.3. The van der Waals surface area contributed by atoms with Crippen LogP contribution in [0.4, 0.5) is 0 Å². The van der Waals surface area contributed by atoms with Gasteiger partial charge in [0.25, 0.3) is 0 Å². The smallest absolute Gasteiger partial charge is 0.334 e. The van der Waals surface area contributed by atoms with Crippen LogP contribution in [0.2, 0.25) is 0 Å². The third-order valence-corrected chi connectivity index (χ3v) is 4.25. The van der Waals surface area contributed by atoms with Gasteiger partial charge in [0.2, 0.25) is 0 Å². The van der Waals surface area contributed by atoms with E-state index < -0.39 is 0 Å². The van der Waals surface area contributed by atoms with Gasteiger partial charge in [0.15, 0.2) is 0 Å². The third kappa shape index (κ3) is 4.57. The van der Waals surface area contributed by atoms with E-state index in [-0.39, 0.29) is 17.9 Å². The number of aryl methyl sites for hydroxylation is 1. The molecule has 0 spiro atoms. The molecule has 24 heavy (non-hydrogen) atoms. The van der Waals surface area contributed by atoms with E-state index in [9.17, 15) is 9.59 Å². The topological polar surface area (TPSA) is 52.6 Å². The van der Waals surface area contributed by atoms with Gasteiger partial charge in [-0.15, -0.1) is 6.58 Å². The quantitative estimate of drug-likeness (QED) is 0.416. The third-order valence-electron chi connectivity index (χ3n) is 4.25. The van der Waals surface area contributed by atoms with Crippen molar-refractivity contribution in [3.63, 3.8) is 0 Å². The molecule has 1 aromatic rings. The highest BCUT2D eigenvalue weighted by Gasteiger charge is 2.40. The molecule has 128 valence electrons. The predicted octanol–water partition coefficient (Wildman–Crippen LogP) is 3.56. The van der Waals surface area contributed by atoms with Crippen LogP contribution in [0.1, 0.15) is 30.9 Å². The SMILES string of the molecule is C=C[C@@H]1C[C@H]1/C(=C/c1ccccc1CCC(=O)OC)C(=O)OCC. The summed E-state index contributed by atoms with van der Waals surface area (Å²) in [5.74, 6) is 0.000958. The molecule has 0 bridgehead atoms. The Morgan fingerprint density at radius 2 is 2.08 bits per heavy atom. The van der Waals surface area contributed by atoms with E-state index in [2.05, 4.69) is 6.58 Å². The number of hydrogen-bond donors (Lipinski definition) is 0. The Bertz CT molecular complexity index is 645. The van der Waals surface area contributed by atoms with E-state index in [4.69, 9.17) is 9.47 Å². The number of benzene rings is 1. The van der Waals surface area contributed by atoms with E-state index in [1.54, 1.807) is 6.92 Å². The van der Waals surface area contributed by atoms with Crippen molar-refractivity contribution < 1.29 is 19.1 Å². The van der Waals surface area contributed by atoms with Gasteiger partial charge < -0.3 is 9.47 Å². The molecular formula is C20H24O4. The Kier molecular flexibility index (Phi) is 6.36. The maximum Gasteiger partial charge on any atom is 0.334 e. The van der Waals surface area contributed by atoms with Gasteiger partial charge in [-0.25, -0.2) is 4.79 Å². The normalized spacial score (nSPS) is 19.5. The lowest BCUT2D eigenvalue weighted by molar-refractivity contribution is -0.140. The second kappa shape index (κ2) is 8.48. The fraction of sp³-hybridized carbons (Fsp3) is 0.400. The van der Waals surface area contributed by atoms with E-state index in [0.717, 1.165) is 17.5 Å². The molecule has 0 aromatic heterocycles. The average Bonchev–Trinajstić information content (AvgIpc) is 3.37. The molecule has 0 N–H and O–H groups in total. The van der Waals surface area contributed by atoms with Gasteiger partial charge in [-0.05, 0) is 48.8 Å². The van der Waals surface area contributed by atoms with Crippen LogP contribution in [0.5, 0.6) is 0 Å². The summed E-state index contributed by atoms with van der Waals surface area (Å²) in [5, 5.41) is 0. The number of carbonyl (C=O) groups is 2. The molecule has 0 amide bonds. The summed E-state index contributed by atoms with van der Waals surface area (Å²) in [6.45, 7) is 5.97. The van der Waals surface area contributed by atoms with Crippen molar-refractivity contribution in [1.29, 1.82) is 0 Å². The highest BCUT2D eigenvalue weighted by atomic mass is 16.5. The maximum absolute atomic E-state index is 12.3. The maximum atomic E-state index is 12.3. The lowest BCUT2D eigenvalue weighted by atomic mass is 9.98. The van der Waals surface area contributed by atoms with Gasteiger partial charge in [-0.2, -0.15) is 0 Å². The predicted molar refractivity (Wildman–Crippen MR) is 93.2 cm³/mol. The Hall–Kier alpha value is -2.36. The molecule has 2 rings (SSSR count). The summed E-state index contributed by atoms with van der Waals surface area (Å²) in [5.41, 5.74) is 2.65. The van der Waals surface area contributed by atoms with Crippen molar-refractivity contribution in [2.75, 3.05) is 13.7 Å². The van der Waals surface area contributed by atoms with E-state index >= 15 is 0 Å². The first-order valence-corrected chi connectivity index (χ1v) is 8.26. The molecular weight excluding hydrogens is 304 g/mol. The van der Waals surface area contributed by atoms with Crippen LogP contribution in [-0.2, 0) is 25.5 Å². The minimum Gasteiger partial charge on any atom is -0.469 e. The largest absolute Gasteiger partial charge is 0.469 e. The first-order valence-electron chi connectivity index (χ1n) is 8.26. The monoisotopic (exact) mass is 328 g/mol. The molecule has 1 aliphatic carbocycles. The van der Waals surface area contributed by atoms with Gasteiger partial charge >= 0.3 is 11.9 Å². The molecule has 1 saturated carbocycles. The molecule has 2 atom stereocenters. The van der Waals surface area contributed by atoms with Crippen LogP contribution in [0.25, 0.3) is 6.08 Å². The van der Waals surface area contributed by atoms with Crippen molar-refractivity contribution in [3.8, 4) is 0 Å². The molecule has 1 fully saturated rings. The summed E-state index contributed by atoms with van der Waals surface area (Å²) < 4.78 is 9.91. The van der Waals surface area contributed by atoms with Gasteiger partial charge in [0, 0.05) is 12.0 Å². The molecule has 4 nitrogen and oxygen atoms in total. The van der Waals surface area contributed by atoms with Crippen LogP contribution in [0, 0.1) is 11.8 Å². The molecule has 0 saturated heterocycles. The number of hydrogen-bond acceptors (Lipinski definition) is 4. The Morgan fingerprint density at radius 3 is 2.71 bits per heavy atom. The number of carbonyl (C=O) groups excluding carboxylic acids is 2. The van der Waals surface area contributed by atoms with Gasteiger partial charge in [0.05, 0.1) is 13.7 Å². The Labute approximate surface area is 143 Å². The van der Waals surface area contributed by atoms with E-state index in [1.807, 2.05) is 36.4 Å². The standard InChI is InChI=1S/C20H24O4/c1-4-14-12-17(14)18(20(22)24-5-2)13-16-9-7-6-8-15(16)10-11-19(21)23-3/h4,6-9,13-14,17H,1,5,10-12H2,2-3H3/b18-13-/t14-,17-/m1/s1. The fourth-order valence-electron chi connectivity index (χ4n) is 2.77. The van der Waals surface area contributed by atoms with Crippen LogP contribution in [0.3, 0.4) is 0 Å². The summed E-state index contributed by atoms with van der Waals surface area (Å²) in [7, 11) is 1.38. The second-order valence-electron chi connectivity index (χ2n) is 5.84. The number of rotatable bonds is 8. The van der Waals surface area contributed by atoms with Crippen molar-refractivity contribution in [1.82, 2.24) is 0 Å². The molecule has 0 heterocycles. The molecule has 0 radical (unpaired) electrons. The summed E-state index contributed by atoms with van der Waals surface area (Å²) in [6.07, 6.45) is 5.61. The number of methoxy groups -OCH3 is 1. The highest BCUT2D eigenvalue weighted by molar-refractivity contribution is 5.95. The summed E-state index contributed by atoms with van der Waals surface area (Å²) >= 11 is 0. The Balaban J connectivity index is 2.26. The second-order valence-corrected chi connectivity index (χ2v) is 5.84. The van der Waals surface area contributed by atoms with Crippen LogP contribution in [0.15, 0.2) is 42.5 Å². The number of ether oxygens (including phenoxy) is 2. The van der Waals surface area contributed by atoms with E-state index in [1.165, 1.54) is 7.11 Å². The van der Waals surface area contributed by atoms with Crippen LogP contribution >= 0.6 is 0 Å². The Morgan fingerprint density at radius 1 is 1.33 bits per heavy atom. The average molecular weight is 328 g/mol. The highest BCUT2D eigenvalue weighted by Crippen LogP contribution is 2.46. The summed E-state index contributed by atoms with van der Waals surface area (Å²) in [4.78, 5) is 23.7. The van der Waals surface area contributed by atoms with E-state index in [0.29, 0.717) is 30.9 Å². The minimum atomic E-state index is -0.269. The molecule has 1 aromatic carbocycles. The lowest BCUT2D eigenvalue weighted by Gasteiger charge is -2.09. The number of esters is 2. The van der Waals surface area contributed by atoms with Crippen LogP contribution in [-0.4, -0.2) is 25.7 Å². The van der Waals surface area contributed by atoms with Gasteiger partial charge in [-0.1, -0.05) is 30.3 Å². The van der Waals surface area contributed by atoms with Crippen molar-refractivity contribution in [2.24, 2.45) is 11.8 Å². The fourth-order valence-corrected chi connectivity index (χ4v) is 2.77. The zero-order valence-corrected chi connectivity index (χ0v) is 14.3. The van der Waals surface area contributed by atoms with Crippen molar-refractivity contribution >= 4 is 18.0 Å². The zero-order chi connectivity index (χ0) is 17.5. The van der Waals surface area contributed by atoms with Crippen LogP contribution < -0.4 is 0 Å². The molecule has 4 heteroatoms. The summed E-state index contributed by atoms with van der Waals surface area (Å²) in [6, 6.07) is 7.78. The first kappa shape index (κ1) is 18.0. The van der Waals surface area contributed by atoms with Crippen molar-refractivity contribution in [2.45, 2.75) is 26.2 Å². The molecule has 0 aliphatic heterocycles.